The van der Waals surface area contributed by atoms with Gasteiger partial charge in [-0.15, -0.1) is 0 Å². The number of halogens is 1. The first kappa shape index (κ1) is 14.5. The normalized spacial score (nSPS) is 11.2. The van der Waals surface area contributed by atoms with Crippen LogP contribution in [0.5, 0.6) is 0 Å². The standard InChI is InChI=1S/C14H20FNO2/c1-5-10-6-7-11(12(15)8-10)9-16-13(17)18-14(2,3)4/h6-8H,5,9H2,1-4H3,(H,16,17). The Bertz CT molecular complexity index is 424. The molecule has 0 aliphatic rings. The Morgan fingerprint density at radius 3 is 2.56 bits per heavy atom. The van der Waals surface area contributed by atoms with Gasteiger partial charge in [0, 0.05) is 12.1 Å². The Kier molecular flexibility index (Phi) is 4.70. The van der Waals surface area contributed by atoms with Crippen LogP contribution in [-0.2, 0) is 17.7 Å². The zero-order valence-corrected chi connectivity index (χ0v) is 11.3. The van der Waals surface area contributed by atoms with Gasteiger partial charge in [0.25, 0.3) is 0 Å². The molecule has 0 bridgehead atoms. The van der Waals surface area contributed by atoms with Crippen molar-refractivity contribution in [2.45, 2.75) is 46.3 Å². The zero-order valence-electron chi connectivity index (χ0n) is 11.3. The van der Waals surface area contributed by atoms with Gasteiger partial charge in [-0.25, -0.2) is 9.18 Å². The van der Waals surface area contributed by atoms with E-state index in [9.17, 15) is 9.18 Å². The largest absolute Gasteiger partial charge is 0.444 e. The number of carbonyl (C=O) groups excluding carboxylic acids is 1. The van der Waals surface area contributed by atoms with Crippen LogP contribution >= 0.6 is 0 Å². The van der Waals surface area contributed by atoms with E-state index in [1.807, 2.05) is 13.0 Å². The molecule has 0 saturated carbocycles. The van der Waals surface area contributed by atoms with Crippen LogP contribution < -0.4 is 5.32 Å². The van der Waals surface area contributed by atoms with E-state index in [4.69, 9.17) is 4.74 Å². The number of nitrogens with one attached hydrogen (secondary N) is 1. The molecular weight excluding hydrogens is 233 g/mol. The first-order valence-electron chi connectivity index (χ1n) is 6.06. The smallest absolute Gasteiger partial charge is 0.407 e. The van der Waals surface area contributed by atoms with Crippen molar-refractivity contribution in [1.82, 2.24) is 5.32 Å². The highest BCUT2D eigenvalue weighted by atomic mass is 19.1. The summed E-state index contributed by atoms with van der Waals surface area (Å²) < 4.78 is 18.7. The van der Waals surface area contributed by atoms with Crippen molar-refractivity contribution < 1.29 is 13.9 Å². The Hall–Kier alpha value is -1.58. The molecule has 0 radical (unpaired) electrons. The number of carbonyl (C=O) groups is 1. The first-order chi connectivity index (χ1) is 8.31. The van der Waals surface area contributed by atoms with Gasteiger partial charge in [-0.05, 0) is 38.8 Å². The van der Waals surface area contributed by atoms with Gasteiger partial charge in [0.15, 0.2) is 0 Å². The Morgan fingerprint density at radius 2 is 2.06 bits per heavy atom. The Morgan fingerprint density at radius 1 is 1.39 bits per heavy atom. The summed E-state index contributed by atoms with van der Waals surface area (Å²) >= 11 is 0. The average molecular weight is 253 g/mol. The zero-order chi connectivity index (χ0) is 13.8. The molecule has 0 atom stereocenters. The number of hydrogen-bond acceptors (Lipinski definition) is 2. The third-order valence-corrected chi connectivity index (χ3v) is 2.35. The highest BCUT2D eigenvalue weighted by Crippen LogP contribution is 2.11. The van der Waals surface area contributed by atoms with Crippen LogP contribution in [0.4, 0.5) is 9.18 Å². The molecular formula is C14H20FNO2. The molecule has 0 unspecified atom stereocenters. The topological polar surface area (TPSA) is 38.3 Å². The number of ether oxygens (including phenoxy) is 1. The van der Waals surface area contributed by atoms with Crippen LogP contribution in [0.25, 0.3) is 0 Å². The second-order valence-electron chi connectivity index (χ2n) is 5.13. The van der Waals surface area contributed by atoms with E-state index in [2.05, 4.69) is 5.32 Å². The summed E-state index contributed by atoms with van der Waals surface area (Å²) in [5, 5.41) is 2.53. The summed E-state index contributed by atoms with van der Waals surface area (Å²) in [6.45, 7) is 7.44. The van der Waals surface area contributed by atoms with Crippen LogP contribution in [0.2, 0.25) is 0 Å². The monoisotopic (exact) mass is 253 g/mol. The van der Waals surface area contributed by atoms with Gasteiger partial charge in [0.05, 0.1) is 0 Å². The van der Waals surface area contributed by atoms with Gasteiger partial charge in [0.1, 0.15) is 11.4 Å². The lowest BCUT2D eigenvalue weighted by Crippen LogP contribution is -2.32. The molecule has 1 aromatic rings. The molecule has 0 spiro atoms. The van der Waals surface area contributed by atoms with Crippen molar-refractivity contribution in [1.29, 1.82) is 0 Å². The quantitative estimate of drug-likeness (QED) is 0.896. The van der Waals surface area contributed by atoms with Gasteiger partial charge < -0.3 is 10.1 Å². The number of rotatable bonds is 3. The van der Waals surface area contributed by atoms with E-state index in [1.54, 1.807) is 26.8 Å². The molecule has 0 saturated heterocycles. The van der Waals surface area contributed by atoms with Crippen molar-refractivity contribution >= 4 is 6.09 Å². The molecule has 0 aliphatic carbocycles. The molecule has 100 valence electrons. The minimum atomic E-state index is -0.547. The summed E-state index contributed by atoms with van der Waals surface area (Å²) in [4.78, 5) is 11.4. The van der Waals surface area contributed by atoms with Crippen LogP contribution in [0, 0.1) is 5.82 Å². The van der Waals surface area contributed by atoms with Crippen LogP contribution in [0.1, 0.15) is 38.8 Å². The molecule has 4 heteroatoms. The maximum atomic E-state index is 13.6. The molecule has 0 aliphatic heterocycles. The van der Waals surface area contributed by atoms with Crippen LogP contribution in [0.15, 0.2) is 18.2 Å². The van der Waals surface area contributed by atoms with Crippen molar-refractivity contribution in [3.63, 3.8) is 0 Å². The lowest BCUT2D eigenvalue weighted by atomic mass is 10.1. The molecule has 0 heterocycles. The van der Waals surface area contributed by atoms with Crippen molar-refractivity contribution in [3.8, 4) is 0 Å². The SMILES string of the molecule is CCc1ccc(CNC(=O)OC(C)(C)C)c(F)c1. The fourth-order valence-electron chi connectivity index (χ4n) is 1.44. The predicted molar refractivity (Wildman–Crippen MR) is 68.9 cm³/mol. The third-order valence-electron chi connectivity index (χ3n) is 2.35. The van der Waals surface area contributed by atoms with E-state index < -0.39 is 11.7 Å². The second kappa shape index (κ2) is 5.85. The molecule has 3 nitrogen and oxygen atoms in total. The highest BCUT2D eigenvalue weighted by Gasteiger charge is 2.16. The predicted octanol–water partition coefficient (Wildman–Crippen LogP) is 3.41. The van der Waals surface area contributed by atoms with Crippen molar-refractivity contribution in [2.75, 3.05) is 0 Å². The number of amides is 1. The molecule has 1 aromatic carbocycles. The number of alkyl carbamates (subject to hydrolysis) is 1. The van der Waals surface area contributed by atoms with Gasteiger partial charge in [-0.1, -0.05) is 19.1 Å². The molecule has 18 heavy (non-hydrogen) atoms. The minimum absolute atomic E-state index is 0.130. The summed E-state index contributed by atoms with van der Waals surface area (Å²) in [7, 11) is 0. The van der Waals surface area contributed by atoms with Gasteiger partial charge in [-0.2, -0.15) is 0 Å². The second-order valence-corrected chi connectivity index (χ2v) is 5.13. The first-order valence-corrected chi connectivity index (χ1v) is 6.06. The van der Waals surface area contributed by atoms with Crippen molar-refractivity contribution in [3.05, 3.63) is 35.1 Å². The Labute approximate surface area is 107 Å². The average Bonchev–Trinajstić information content (AvgIpc) is 2.25. The van der Waals surface area contributed by atoms with Gasteiger partial charge in [0.2, 0.25) is 0 Å². The fourth-order valence-corrected chi connectivity index (χ4v) is 1.44. The van der Waals surface area contributed by atoms with E-state index >= 15 is 0 Å². The van der Waals surface area contributed by atoms with E-state index in [0.29, 0.717) is 5.56 Å². The Balaban J connectivity index is 2.56. The van der Waals surface area contributed by atoms with E-state index in [-0.39, 0.29) is 12.4 Å². The molecule has 1 N–H and O–H groups in total. The van der Waals surface area contributed by atoms with Gasteiger partial charge >= 0.3 is 6.09 Å². The maximum absolute atomic E-state index is 13.6. The fraction of sp³-hybridized carbons (Fsp3) is 0.500. The summed E-state index contributed by atoms with van der Waals surface area (Å²) in [6, 6.07) is 5.03. The maximum Gasteiger partial charge on any atom is 0.407 e. The summed E-state index contributed by atoms with van der Waals surface area (Å²) in [5.74, 6) is -0.301. The minimum Gasteiger partial charge on any atom is -0.444 e. The van der Waals surface area contributed by atoms with Crippen LogP contribution in [0.3, 0.4) is 0 Å². The summed E-state index contributed by atoms with van der Waals surface area (Å²) in [6.07, 6.45) is 0.248. The molecule has 1 rings (SSSR count). The van der Waals surface area contributed by atoms with E-state index in [0.717, 1.165) is 12.0 Å². The van der Waals surface area contributed by atoms with Crippen molar-refractivity contribution in [2.24, 2.45) is 0 Å². The number of benzene rings is 1. The van der Waals surface area contributed by atoms with Crippen LogP contribution in [-0.4, -0.2) is 11.7 Å². The molecule has 1 amide bonds. The third kappa shape index (κ3) is 4.73. The molecule has 0 fully saturated rings. The number of hydrogen-bond donors (Lipinski definition) is 1. The number of aryl methyl sites for hydroxylation is 1. The summed E-state index contributed by atoms with van der Waals surface area (Å²) in [5.41, 5.74) is 0.848. The molecule has 0 aromatic heterocycles. The lowest BCUT2D eigenvalue weighted by Gasteiger charge is -2.19. The highest BCUT2D eigenvalue weighted by molar-refractivity contribution is 5.67. The van der Waals surface area contributed by atoms with Gasteiger partial charge in [-0.3, -0.25) is 0 Å². The lowest BCUT2D eigenvalue weighted by molar-refractivity contribution is 0.0523. The van der Waals surface area contributed by atoms with E-state index in [1.165, 1.54) is 6.07 Å².